The molecule has 1 heterocycles. The zero-order chi connectivity index (χ0) is 23.7. The van der Waals surface area contributed by atoms with Crippen molar-refractivity contribution < 1.29 is 32.3 Å². The smallest absolute Gasteiger partial charge is 0.393 e. The zero-order valence-corrected chi connectivity index (χ0v) is 18.3. The van der Waals surface area contributed by atoms with Crippen LogP contribution in [0.15, 0.2) is 18.2 Å². The normalized spacial score (nSPS) is 21.4. The van der Waals surface area contributed by atoms with Crippen molar-refractivity contribution in [2.24, 2.45) is 17.3 Å². The summed E-state index contributed by atoms with van der Waals surface area (Å²) in [5.41, 5.74) is -0.607. The van der Waals surface area contributed by atoms with Gasteiger partial charge in [0.1, 0.15) is 11.9 Å². The number of likely N-dealkylation sites (tertiary alicyclic amines) is 1. The van der Waals surface area contributed by atoms with Crippen LogP contribution in [0.25, 0.3) is 0 Å². The number of piperidine rings is 1. The molecular formula is C23H30F4N2O3. The van der Waals surface area contributed by atoms with Crippen molar-refractivity contribution in [3.8, 4) is 0 Å². The molecule has 1 aliphatic heterocycles. The molecule has 5 nitrogen and oxygen atoms in total. The molecule has 1 aliphatic carbocycles. The van der Waals surface area contributed by atoms with E-state index in [-0.39, 0.29) is 12.1 Å². The van der Waals surface area contributed by atoms with Crippen LogP contribution in [0.1, 0.15) is 51.5 Å². The second kappa shape index (κ2) is 9.37. The molecule has 178 valence electrons. The molecule has 1 aromatic carbocycles. The van der Waals surface area contributed by atoms with Gasteiger partial charge in [0.05, 0.1) is 17.0 Å². The molecule has 1 aromatic rings. The van der Waals surface area contributed by atoms with Crippen LogP contribution in [0.4, 0.5) is 23.2 Å². The van der Waals surface area contributed by atoms with Gasteiger partial charge >= 0.3 is 12.1 Å². The number of rotatable bonds is 7. The SMILES string of the molecule is CC1CCN(C(C(=O)Nc2cc(CC3(C(=O)O)CCC3)ccc2F)C(C)C(F)(F)F)CC1. The first-order valence-corrected chi connectivity index (χ1v) is 11.1. The number of nitrogens with one attached hydrogen (secondary N) is 1. The molecule has 2 fully saturated rings. The molecule has 0 bridgehead atoms. The first-order valence-electron chi connectivity index (χ1n) is 11.1. The lowest BCUT2D eigenvalue weighted by Crippen LogP contribution is -2.54. The number of carboxylic acid groups (broad SMARTS) is 1. The van der Waals surface area contributed by atoms with Crippen LogP contribution in [-0.2, 0) is 16.0 Å². The summed E-state index contributed by atoms with van der Waals surface area (Å²) in [6, 6.07) is 2.44. The molecule has 0 spiro atoms. The van der Waals surface area contributed by atoms with E-state index in [0.717, 1.165) is 19.4 Å². The monoisotopic (exact) mass is 458 g/mol. The Labute approximate surface area is 185 Å². The van der Waals surface area contributed by atoms with Gasteiger partial charge in [0.25, 0.3) is 0 Å². The summed E-state index contributed by atoms with van der Waals surface area (Å²) in [6.07, 6.45) is -1.20. The number of hydrogen-bond acceptors (Lipinski definition) is 3. The van der Waals surface area contributed by atoms with E-state index in [9.17, 15) is 32.3 Å². The number of aliphatic carboxylic acids is 1. The molecular weight excluding hydrogens is 428 g/mol. The van der Waals surface area contributed by atoms with Crippen molar-refractivity contribution in [1.82, 2.24) is 4.90 Å². The number of alkyl halides is 3. The maximum Gasteiger partial charge on any atom is 0.393 e. The lowest BCUT2D eigenvalue weighted by molar-refractivity contribution is -0.189. The van der Waals surface area contributed by atoms with Crippen LogP contribution in [-0.4, -0.2) is 47.2 Å². The van der Waals surface area contributed by atoms with Crippen molar-refractivity contribution in [2.75, 3.05) is 18.4 Å². The number of amides is 1. The van der Waals surface area contributed by atoms with Gasteiger partial charge < -0.3 is 10.4 Å². The third-order valence-corrected chi connectivity index (χ3v) is 7.07. The number of carbonyl (C=O) groups excluding carboxylic acids is 1. The second-order valence-corrected chi connectivity index (χ2v) is 9.41. The third kappa shape index (κ3) is 5.24. The highest BCUT2D eigenvalue weighted by Crippen LogP contribution is 2.44. The van der Waals surface area contributed by atoms with Gasteiger partial charge in [-0.15, -0.1) is 0 Å². The van der Waals surface area contributed by atoms with Crippen LogP contribution in [0, 0.1) is 23.1 Å². The van der Waals surface area contributed by atoms with Gasteiger partial charge in [-0.25, -0.2) is 4.39 Å². The van der Waals surface area contributed by atoms with Gasteiger partial charge in [0.2, 0.25) is 5.91 Å². The van der Waals surface area contributed by atoms with Gasteiger partial charge in [-0.2, -0.15) is 13.2 Å². The summed E-state index contributed by atoms with van der Waals surface area (Å²) in [4.78, 5) is 26.2. The molecule has 2 aliphatic rings. The van der Waals surface area contributed by atoms with Crippen molar-refractivity contribution in [2.45, 2.75) is 64.6 Å². The number of anilines is 1. The molecule has 0 radical (unpaired) electrons. The fraction of sp³-hybridized carbons (Fsp3) is 0.652. The van der Waals surface area contributed by atoms with Gasteiger partial charge in [0.15, 0.2) is 0 Å². The summed E-state index contributed by atoms with van der Waals surface area (Å²) >= 11 is 0. The summed E-state index contributed by atoms with van der Waals surface area (Å²) in [7, 11) is 0. The summed E-state index contributed by atoms with van der Waals surface area (Å²) in [5.74, 6) is -4.15. The van der Waals surface area contributed by atoms with Gasteiger partial charge in [-0.1, -0.05) is 26.3 Å². The van der Waals surface area contributed by atoms with Gasteiger partial charge in [-0.05, 0) is 68.8 Å². The van der Waals surface area contributed by atoms with E-state index >= 15 is 0 Å². The maximum absolute atomic E-state index is 14.4. The highest BCUT2D eigenvalue weighted by molar-refractivity contribution is 5.95. The van der Waals surface area contributed by atoms with E-state index in [2.05, 4.69) is 5.32 Å². The second-order valence-electron chi connectivity index (χ2n) is 9.41. The largest absolute Gasteiger partial charge is 0.481 e. The number of nitrogens with zero attached hydrogens (tertiary/aromatic N) is 1. The number of halogens is 4. The lowest BCUT2D eigenvalue weighted by Gasteiger charge is -2.39. The van der Waals surface area contributed by atoms with Gasteiger partial charge in [0, 0.05) is 0 Å². The van der Waals surface area contributed by atoms with E-state index in [1.807, 2.05) is 6.92 Å². The van der Waals surface area contributed by atoms with E-state index in [0.29, 0.717) is 50.3 Å². The predicted octanol–water partition coefficient (Wildman–Crippen LogP) is 4.86. The van der Waals surface area contributed by atoms with Crippen LogP contribution < -0.4 is 5.32 Å². The molecule has 0 aromatic heterocycles. The lowest BCUT2D eigenvalue weighted by atomic mass is 9.65. The van der Waals surface area contributed by atoms with Crippen LogP contribution in [0.2, 0.25) is 0 Å². The maximum atomic E-state index is 14.4. The van der Waals surface area contributed by atoms with Crippen LogP contribution >= 0.6 is 0 Å². The third-order valence-electron chi connectivity index (χ3n) is 7.07. The van der Waals surface area contributed by atoms with Crippen molar-refractivity contribution in [3.63, 3.8) is 0 Å². The highest BCUT2D eigenvalue weighted by Gasteiger charge is 2.47. The average molecular weight is 458 g/mol. The molecule has 1 saturated heterocycles. The van der Waals surface area contributed by atoms with E-state index < -0.39 is 41.2 Å². The fourth-order valence-corrected chi connectivity index (χ4v) is 4.64. The summed E-state index contributed by atoms with van der Waals surface area (Å²) < 4.78 is 55.1. The van der Waals surface area contributed by atoms with Crippen molar-refractivity contribution in [1.29, 1.82) is 0 Å². The number of hydrogen-bond donors (Lipinski definition) is 2. The van der Waals surface area contributed by atoms with Crippen LogP contribution in [0.5, 0.6) is 0 Å². The highest BCUT2D eigenvalue weighted by atomic mass is 19.4. The first-order chi connectivity index (χ1) is 14.9. The summed E-state index contributed by atoms with van der Waals surface area (Å²) in [6.45, 7) is 3.72. The molecule has 1 amide bonds. The van der Waals surface area contributed by atoms with E-state index in [1.54, 1.807) is 0 Å². The van der Waals surface area contributed by atoms with Crippen LogP contribution in [0.3, 0.4) is 0 Å². The topological polar surface area (TPSA) is 69.6 Å². The Hall–Kier alpha value is -2.16. The molecule has 2 unspecified atom stereocenters. The molecule has 32 heavy (non-hydrogen) atoms. The number of benzene rings is 1. The van der Waals surface area contributed by atoms with Gasteiger partial charge in [-0.3, -0.25) is 14.5 Å². The average Bonchev–Trinajstić information content (AvgIpc) is 2.67. The Morgan fingerprint density at radius 1 is 1.25 bits per heavy atom. The van der Waals surface area contributed by atoms with Crippen molar-refractivity contribution in [3.05, 3.63) is 29.6 Å². The Balaban J connectivity index is 1.81. The van der Waals surface area contributed by atoms with E-state index in [4.69, 9.17) is 0 Å². The molecule has 1 saturated carbocycles. The minimum atomic E-state index is -4.58. The van der Waals surface area contributed by atoms with E-state index in [1.165, 1.54) is 17.0 Å². The Morgan fingerprint density at radius 3 is 2.38 bits per heavy atom. The minimum absolute atomic E-state index is 0.178. The fourth-order valence-electron chi connectivity index (χ4n) is 4.64. The quantitative estimate of drug-likeness (QED) is 0.573. The Bertz CT molecular complexity index is 846. The number of carboxylic acids is 1. The molecule has 2 N–H and O–H groups in total. The standard InChI is InChI=1S/C23H30F4N2O3/c1-14-6-10-29(11-7-14)19(15(2)23(25,26)27)20(30)28-18-12-16(4-5-17(18)24)13-22(21(31)32)8-3-9-22/h4-5,12,14-15,19H,3,6-11,13H2,1-2H3,(H,28,30)(H,31,32). The summed E-state index contributed by atoms with van der Waals surface area (Å²) in [5, 5.41) is 11.9. The first kappa shape index (κ1) is 24.5. The predicted molar refractivity (Wildman–Crippen MR) is 112 cm³/mol. The zero-order valence-electron chi connectivity index (χ0n) is 18.3. The van der Waals surface area contributed by atoms with Crippen molar-refractivity contribution >= 4 is 17.6 Å². The molecule has 9 heteroatoms. The molecule has 3 rings (SSSR count). The molecule has 2 atom stereocenters. The Morgan fingerprint density at radius 2 is 1.88 bits per heavy atom. The Kier molecular flexibility index (Phi) is 7.17. The number of carbonyl (C=O) groups is 2. The minimum Gasteiger partial charge on any atom is -0.481 e.